The molecule has 0 saturated carbocycles. The first kappa shape index (κ1) is 20.6. The van der Waals surface area contributed by atoms with Gasteiger partial charge in [-0.2, -0.15) is 4.31 Å². The van der Waals surface area contributed by atoms with Gasteiger partial charge in [0.05, 0.1) is 37.6 Å². The number of hydrogen-bond acceptors (Lipinski definition) is 4. The van der Waals surface area contributed by atoms with Crippen LogP contribution in [-0.4, -0.2) is 70.4 Å². The minimum Gasteiger partial charge on any atom is -0.355 e. The first-order valence-corrected chi connectivity index (χ1v) is 10.3. The number of likely N-dealkylation sites (N-methyl/N-ethyl adjacent to an activating group) is 1. The van der Waals surface area contributed by atoms with Crippen molar-refractivity contribution < 1.29 is 22.9 Å². The van der Waals surface area contributed by atoms with Crippen LogP contribution in [-0.2, 0) is 19.6 Å². The van der Waals surface area contributed by atoms with E-state index >= 15 is 0 Å². The molecule has 1 aliphatic rings. The molecule has 1 aromatic carbocycles. The minimum absolute atomic E-state index is 0.0446. The Bertz CT molecular complexity index is 731. The minimum atomic E-state index is -3.55. The van der Waals surface area contributed by atoms with Crippen LogP contribution in [0.25, 0.3) is 0 Å². The second kappa shape index (κ2) is 9.31. The molecule has 0 aliphatic carbocycles. The SMILES string of the molecule is CCNC(=O)CNC(=O)C[NH+]1CCN(S(=O)(=O)c2ccc(Cl)cc2)CC1. The third-order valence-electron chi connectivity index (χ3n) is 4.11. The summed E-state index contributed by atoms with van der Waals surface area (Å²) < 4.78 is 26.7. The van der Waals surface area contributed by atoms with Crippen molar-refractivity contribution in [1.82, 2.24) is 14.9 Å². The van der Waals surface area contributed by atoms with Gasteiger partial charge in [0.2, 0.25) is 15.9 Å². The molecule has 2 rings (SSSR count). The smallest absolute Gasteiger partial charge is 0.275 e. The predicted octanol–water partition coefficient (Wildman–Crippen LogP) is -1.52. The largest absolute Gasteiger partial charge is 0.355 e. The number of rotatable bonds is 7. The van der Waals surface area contributed by atoms with E-state index in [4.69, 9.17) is 11.6 Å². The average Bonchev–Trinajstić information content (AvgIpc) is 2.61. The van der Waals surface area contributed by atoms with Crippen molar-refractivity contribution >= 4 is 33.4 Å². The van der Waals surface area contributed by atoms with Crippen LogP contribution in [0.5, 0.6) is 0 Å². The third kappa shape index (κ3) is 5.66. The Labute approximate surface area is 158 Å². The standard InChI is InChI=1S/C16H23ClN4O4S/c1-2-18-15(22)11-19-16(23)12-20-7-9-21(10-8-20)26(24,25)14-5-3-13(17)4-6-14/h3-6H,2,7-12H2,1H3,(H,18,22)(H,19,23)/p+1. The topological polar surface area (TPSA) is 100 Å². The van der Waals surface area contributed by atoms with E-state index in [0.29, 0.717) is 37.7 Å². The fourth-order valence-electron chi connectivity index (χ4n) is 2.70. The summed E-state index contributed by atoms with van der Waals surface area (Å²) in [5.74, 6) is -0.449. The summed E-state index contributed by atoms with van der Waals surface area (Å²) in [5, 5.41) is 5.66. The molecule has 10 heteroatoms. The van der Waals surface area contributed by atoms with Gasteiger partial charge in [-0.05, 0) is 31.2 Å². The molecule has 8 nitrogen and oxygen atoms in total. The molecule has 3 N–H and O–H groups in total. The lowest BCUT2D eigenvalue weighted by atomic mass is 10.3. The summed E-state index contributed by atoms with van der Waals surface area (Å²) in [6.07, 6.45) is 0. The number of carbonyl (C=O) groups excluding carboxylic acids is 2. The molecule has 0 unspecified atom stereocenters. The Morgan fingerprint density at radius 2 is 1.73 bits per heavy atom. The van der Waals surface area contributed by atoms with Crippen molar-refractivity contribution in [3.05, 3.63) is 29.3 Å². The van der Waals surface area contributed by atoms with Crippen LogP contribution in [0.15, 0.2) is 29.2 Å². The second-order valence-electron chi connectivity index (χ2n) is 6.02. The fourth-order valence-corrected chi connectivity index (χ4v) is 4.27. The van der Waals surface area contributed by atoms with Gasteiger partial charge >= 0.3 is 0 Å². The Hall–Kier alpha value is -1.68. The maximum absolute atomic E-state index is 12.6. The summed E-state index contributed by atoms with van der Waals surface area (Å²) in [6, 6.07) is 6.08. The maximum atomic E-state index is 12.6. The zero-order valence-corrected chi connectivity index (χ0v) is 16.2. The van der Waals surface area contributed by atoms with Crippen LogP contribution in [0, 0.1) is 0 Å². The van der Waals surface area contributed by atoms with Gasteiger partial charge in [0.25, 0.3) is 5.91 Å². The molecule has 0 bridgehead atoms. The maximum Gasteiger partial charge on any atom is 0.275 e. The molecule has 1 aliphatic heterocycles. The van der Waals surface area contributed by atoms with Gasteiger partial charge < -0.3 is 15.5 Å². The molecule has 2 amide bonds. The summed E-state index contributed by atoms with van der Waals surface area (Å²) in [5.41, 5.74) is 0. The quantitative estimate of drug-likeness (QED) is 0.515. The summed E-state index contributed by atoms with van der Waals surface area (Å²) in [7, 11) is -3.55. The first-order chi connectivity index (χ1) is 12.3. The lowest BCUT2D eigenvalue weighted by molar-refractivity contribution is -0.895. The van der Waals surface area contributed by atoms with Crippen molar-refractivity contribution in [2.75, 3.05) is 45.8 Å². The molecular weight excluding hydrogens is 380 g/mol. The number of quaternary nitrogens is 1. The number of sulfonamides is 1. The molecule has 1 aromatic rings. The van der Waals surface area contributed by atoms with Gasteiger partial charge in [0, 0.05) is 11.6 Å². The average molecular weight is 404 g/mol. The van der Waals surface area contributed by atoms with Gasteiger partial charge in [-0.3, -0.25) is 9.59 Å². The number of nitrogens with zero attached hydrogens (tertiary/aromatic N) is 1. The van der Waals surface area contributed by atoms with Gasteiger partial charge in [-0.25, -0.2) is 8.42 Å². The predicted molar refractivity (Wildman–Crippen MR) is 97.5 cm³/mol. The van der Waals surface area contributed by atoms with E-state index in [1.165, 1.54) is 16.4 Å². The zero-order valence-electron chi connectivity index (χ0n) is 14.6. The Kier molecular flexibility index (Phi) is 7.39. The number of halogens is 1. The second-order valence-corrected chi connectivity index (χ2v) is 8.39. The van der Waals surface area contributed by atoms with Crippen LogP contribution < -0.4 is 15.5 Å². The third-order valence-corrected chi connectivity index (χ3v) is 6.28. The monoisotopic (exact) mass is 403 g/mol. The van der Waals surface area contributed by atoms with Crippen LogP contribution in [0.3, 0.4) is 0 Å². The summed E-state index contributed by atoms with van der Waals surface area (Å²) in [4.78, 5) is 24.4. The van der Waals surface area contributed by atoms with E-state index in [0.717, 1.165) is 4.90 Å². The van der Waals surface area contributed by atoms with Crippen molar-refractivity contribution in [2.45, 2.75) is 11.8 Å². The van der Waals surface area contributed by atoms with Crippen molar-refractivity contribution in [2.24, 2.45) is 0 Å². The fraction of sp³-hybridized carbons (Fsp3) is 0.500. The van der Waals surface area contributed by atoms with Crippen LogP contribution in [0.1, 0.15) is 6.92 Å². The molecule has 0 aromatic heterocycles. The van der Waals surface area contributed by atoms with E-state index < -0.39 is 10.0 Å². The highest BCUT2D eigenvalue weighted by Crippen LogP contribution is 2.18. The Morgan fingerprint density at radius 3 is 2.31 bits per heavy atom. The molecule has 0 radical (unpaired) electrons. The van der Waals surface area contributed by atoms with E-state index in [1.807, 2.05) is 0 Å². The van der Waals surface area contributed by atoms with Crippen LogP contribution in [0.2, 0.25) is 5.02 Å². The van der Waals surface area contributed by atoms with Crippen molar-refractivity contribution in [3.8, 4) is 0 Å². The number of carbonyl (C=O) groups is 2. The highest BCUT2D eigenvalue weighted by Gasteiger charge is 2.31. The van der Waals surface area contributed by atoms with E-state index in [-0.39, 0.29) is 29.8 Å². The molecule has 1 saturated heterocycles. The normalized spacial score (nSPS) is 16.2. The van der Waals surface area contributed by atoms with E-state index in [1.54, 1.807) is 19.1 Å². The number of amides is 2. The summed E-state index contributed by atoms with van der Waals surface area (Å²) >= 11 is 5.80. The zero-order chi connectivity index (χ0) is 19.2. The molecule has 26 heavy (non-hydrogen) atoms. The van der Waals surface area contributed by atoms with Crippen LogP contribution in [0.4, 0.5) is 0 Å². The lowest BCUT2D eigenvalue weighted by Gasteiger charge is -2.31. The highest BCUT2D eigenvalue weighted by molar-refractivity contribution is 7.89. The molecule has 1 fully saturated rings. The highest BCUT2D eigenvalue weighted by atomic mass is 35.5. The van der Waals surface area contributed by atoms with Gasteiger partial charge in [-0.15, -0.1) is 0 Å². The van der Waals surface area contributed by atoms with Crippen LogP contribution >= 0.6 is 11.6 Å². The number of benzene rings is 1. The number of piperazine rings is 1. The van der Waals surface area contributed by atoms with Crippen molar-refractivity contribution in [1.29, 1.82) is 0 Å². The Morgan fingerprint density at radius 1 is 1.12 bits per heavy atom. The lowest BCUT2D eigenvalue weighted by Crippen LogP contribution is -3.15. The molecule has 144 valence electrons. The van der Waals surface area contributed by atoms with E-state index in [2.05, 4.69) is 10.6 Å². The number of nitrogens with one attached hydrogen (secondary N) is 3. The molecule has 1 heterocycles. The van der Waals surface area contributed by atoms with Crippen molar-refractivity contribution in [3.63, 3.8) is 0 Å². The van der Waals surface area contributed by atoms with Gasteiger partial charge in [0.1, 0.15) is 0 Å². The molecular formula is C16H24ClN4O4S+. The summed E-state index contributed by atoms with van der Waals surface area (Å²) in [6.45, 7) is 4.23. The Balaban J connectivity index is 1.82. The van der Waals surface area contributed by atoms with E-state index in [9.17, 15) is 18.0 Å². The number of hydrogen-bond donors (Lipinski definition) is 3. The van der Waals surface area contributed by atoms with Gasteiger partial charge in [-0.1, -0.05) is 11.6 Å². The first-order valence-electron chi connectivity index (χ1n) is 8.45. The molecule has 0 spiro atoms. The van der Waals surface area contributed by atoms with Gasteiger partial charge in [0.15, 0.2) is 6.54 Å². The molecule has 0 atom stereocenters.